The number of carbonyl (C=O) groups excluding carboxylic acids is 1. The van der Waals surface area contributed by atoms with E-state index in [0.717, 1.165) is 55.2 Å². The van der Waals surface area contributed by atoms with Crippen LogP contribution in [0.1, 0.15) is 86.5 Å². The molecule has 0 aromatic carbocycles. The second-order valence-corrected chi connectivity index (χ2v) is 28.1. The fourth-order valence-corrected chi connectivity index (χ4v) is 7.96. The second kappa shape index (κ2) is 14.7. The molecule has 0 aliphatic heterocycles. The average Bonchev–Trinajstić information content (AvgIpc) is 3.52. The zero-order valence-electron chi connectivity index (χ0n) is 31.8. The Morgan fingerprint density at radius 1 is 1.04 bits per heavy atom. The summed E-state index contributed by atoms with van der Waals surface area (Å²) in [4.78, 5) is 27.4. The Balaban J connectivity index is 1.68. The Labute approximate surface area is 290 Å². The number of aromatic nitrogens is 6. The molecule has 0 bridgehead atoms. The van der Waals surface area contributed by atoms with Crippen LogP contribution in [0.5, 0.6) is 0 Å². The van der Waals surface area contributed by atoms with E-state index in [4.69, 9.17) is 29.0 Å². The Morgan fingerprint density at radius 2 is 1.75 bits per heavy atom. The quantitative estimate of drug-likeness (QED) is 0.148. The number of fused-ring (bicyclic) bond motifs is 1. The van der Waals surface area contributed by atoms with Gasteiger partial charge in [0.05, 0.1) is 11.7 Å². The number of pyridine rings is 1. The zero-order chi connectivity index (χ0) is 35.7. The van der Waals surface area contributed by atoms with Crippen molar-refractivity contribution in [1.82, 2.24) is 34.6 Å². The number of nitrogens with zero attached hydrogens (tertiary/aromatic N) is 6. The van der Waals surface area contributed by atoms with Crippen molar-refractivity contribution < 1.29 is 18.7 Å². The smallest absolute Gasteiger partial charge is 0.407 e. The van der Waals surface area contributed by atoms with Gasteiger partial charge < -0.3 is 23.8 Å². The van der Waals surface area contributed by atoms with Gasteiger partial charge in [-0.3, -0.25) is 4.98 Å². The third-order valence-electron chi connectivity index (χ3n) is 9.22. The molecule has 3 atom stereocenters. The molecular weight excluding hydrogens is 639 g/mol. The van der Waals surface area contributed by atoms with Gasteiger partial charge in [0.2, 0.25) is 0 Å². The van der Waals surface area contributed by atoms with Crippen LogP contribution in [0.4, 0.5) is 4.79 Å². The van der Waals surface area contributed by atoms with E-state index in [9.17, 15) is 4.79 Å². The molecule has 1 saturated carbocycles. The highest BCUT2D eigenvalue weighted by Gasteiger charge is 2.42. The largest absolute Gasteiger partial charge is 0.444 e. The van der Waals surface area contributed by atoms with E-state index in [2.05, 4.69) is 88.3 Å². The van der Waals surface area contributed by atoms with Crippen molar-refractivity contribution in [1.29, 1.82) is 0 Å². The SMILES string of the molecule is CC(C)Cc1nc2cnc(-c3ncn(COCC[Si](C)(C)C)n3)cc2n1C1CC(NC(=O)OC(C)(C)C)CC(O[Si](C)(C)C(C)(C)C)C1. The fraction of sp³-hybridized carbons (Fsp3) is 0.743. The summed E-state index contributed by atoms with van der Waals surface area (Å²) < 4.78 is 22.7. The van der Waals surface area contributed by atoms with Crippen molar-refractivity contribution >= 4 is 33.5 Å². The predicted octanol–water partition coefficient (Wildman–Crippen LogP) is 8.21. The number of hydrogen-bond donors (Lipinski definition) is 1. The molecule has 1 amide bonds. The van der Waals surface area contributed by atoms with Crippen molar-refractivity contribution in [2.45, 2.75) is 155 Å². The lowest BCUT2D eigenvalue weighted by Gasteiger charge is -2.44. The first-order chi connectivity index (χ1) is 22.1. The summed E-state index contributed by atoms with van der Waals surface area (Å²) in [6.07, 6.45) is 6.25. The van der Waals surface area contributed by atoms with Gasteiger partial charge in [0, 0.05) is 39.3 Å². The maximum Gasteiger partial charge on any atom is 0.407 e. The molecule has 3 unspecified atom stereocenters. The number of hydrogen-bond acceptors (Lipinski definition) is 8. The van der Waals surface area contributed by atoms with Crippen molar-refractivity contribution in [3.05, 3.63) is 24.4 Å². The summed E-state index contributed by atoms with van der Waals surface area (Å²) in [5.74, 6) is 1.98. The lowest BCUT2D eigenvalue weighted by atomic mass is 9.88. The van der Waals surface area contributed by atoms with Gasteiger partial charge in [0.1, 0.15) is 35.7 Å². The van der Waals surface area contributed by atoms with Crippen molar-refractivity contribution in [2.75, 3.05) is 6.61 Å². The van der Waals surface area contributed by atoms with Gasteiger partial charge in [-0.25, -0.2) is 19.4 Å². The first kappa shape index (κ1) is 38.2. The molecule has 3 aromatic rings. The van der Waals surface area contributed by atoms with Crippen LogP contribution in [0, 0.1) is 5.92 Å². The van der Waals surface area contributed by atoms with Crippen LogP contribution in [-0.4, -0.2) is 76.1 Å². The monoisotopic (exact) mass is 699 g/mol. The highest BCUT2D eigenvalue weighted by atomic mass is 28.4. The average molecular weight is 700 g/mol. The van der Waals surface area contributed by atoms with Crippen LogP contribution < -0.4 is 5.32 Å². The van der Waals surface area contributed by atoms with Crippen LogP contribution in [0.2, 0.25) is 43.8 Å². The molecule has 1 aliphatic carbocycles. The summed E-state index contributed by atoms with van der Waals surface area (Å²) in [6, 6.07) is 3.10. The summed E-state index contributed by atoms with van der Waals surface area (Å²) in [6.45, 7) is 29.6. The topological polar surface area (TPSA) is 118 Å². The minimum Gasteiger partial charge on any atom is -0.444 e. The fourth-order valence-electron chi connectivity index (χ4n) is 5.83. The zero-order valence-corrected chi connectivity index (χ0v) is 33.8. The van der Waals surface area contributed by atoms with Crippen LogP contribution >= 0.6 is 0 Å². The molecule has 1 N–H and O–H groups in total. The van der Waals surface area contributed by atoms with Crippen LogP contribution in [-0.2, 0) is 27.1 Å². The maximum absolute atomic E-state index is 13.0. The summed E-state index contributed by atoms with van der Waals surface area (Å²) in [5.41, 5.74) is 1.94. The lowest BCUT2D eigenvalue weighted by molar-refractivity contribution is 0.0424. The number of nitrogens with one attached hydrogen (secondary N) is 1. The Hall–Kier alpha value is -2.62. The molecule has 0 radical (unpaired) electrons. The van der Waals surface area contributed by atoms with E-state index in [1.807, 2.05) is 27.0 Å². The first-order valence-electron chi connectivity index (χ1n) is 17.6. The van der Waals surface area contributed by atoms with Gasteiger partial charge in [-0.2, -0.15) is 0 Å². The molecule has 48 heavy (non-hydrogen) atoms. The van der Waals surface area contributed by atoms with E-state index in [1.54, 1.807) is 11.0 Å². The number of ether oxygens (including phenoxy) is 2. The number of amides is 1. The number of imidazole rings is 1. The third kappa shape index (κ3) is 10.4. The van der Waals surface area contributed by atoms with Crippen molar-refractivity contribution in [3.8, 4) is 11.5 Å². The molecule has 1 aliphatic rings. The highest BCUT2D eigenvalue weighted by molar-refractivity contribution is 6.76. The lowest BCUT2D eigenvalue weighted by Crippen LogP contribution is -2.50. The van der Waals surface area contributed by atoms with Gasteiger partial charge in [0.15, 0.2) is 14.1 Å². The first-order valence-corrected chi connectivity index (χ1v) is 24.2. The van der Waals surface area contributed by atoms with Crippen molar-refractivity contribution in [3.63, 3.8) is 0 Å². The van der Waals surface area contributed by atoms with Gasteiger partial charge >= 0.3 is 6.09 Å². The molecule has 1 fully saturated rings. The maximum atomic E-state index is 13.0. The molecule has 4 rings (SSSR count). The molecule has 3 aromatic heterocycles. The Morgan fingerprint density at radius 3 is 2.38 bits per heavy atom. The van der Waals surface area contributed by atoms with Crippen LogP contribution in [0.15, 0.2) is 18.6 Å². The summed E-state index contributed by atoms with van der Waals surface area (Å²) in [7, 11) is -3.25. The van der Waals surface area contributed by atoms with Crippen LogP contribution in [0.3, 0.4) is 0 Å². The highest BCUT2D eigenvalue weighted by Crippen LogP contribution is 2.42. The molecule has 11 nitrogen and oxygen atoms in total. The normalized spacial score (nSPS) is 19.7. The van der Waals surface area contributed by atoms with Crippen molar-refractivity contribution in [2.24, 2.45) is 5.92 Å². The van der Waals surface area contributed by atoms with E-state index in [0.29, 0.717) is 24.2 Å². The van der Waals surface area contributed by atoms with E-state index in [1.165, 1.54) is 0 Å². The minimum atomic E-state index is -2.09. The van der Waals surface area contributed by atoms with Gasteiger partial charge in [0.25, 0.3) is 0 Å². The van der Waals surface area contributed by atoms with Gasteiger partial charge in [-0.05, 0) is 76.2 Å². The molecule has 268 valence electrons. The third-order valence-corrected chi connectivity index (χ3v) is 15.5. The Kier molecular flexibility index (Phi) is 11.7. The molecule has 13 heteroatoms. The minimum absolute atomic E-state index is 0.0199. The molecular formula is C35H61N7O4Si2. The summed E-state index contributed by atoms with van der Waals surface area (Å²) >= 11 is 0. The number of rotatable bonds is 12. The molecule has 0 spiro atoms. The Bertz CT molecular complexity index is 1530. The van der Waals surface area contributed by atoms with Gasteiger partial charge in [-0.15, -0.1) is 5.10 Å². The van der Waals surface area contributed by atoms with E-state index < -0.39 is 28.1 Å². The van der Waals surface area contributed by atoms with Gasteiger partial charge in [-0.1, -0.05) is 54.3 Å². The predicted molar refractivity (Wildman–Crippen MR) is 197 cm³/mol. The standard InChI is InChI=1S/C35H61N7O4Si2/c1-24(2)16-31-39-29-21-36-28(32-37-22-41(40-32)23-44-14-15-47(9,10)11)20-30(29)42(31)26-17-25(38-33(43)45-34(3,4)5)18-27(19-26)46-48(12,13)35(6,7)8/h20-22,24-27H,14-19,23H2,1-13H3,(H,38,43). The van der Waals surface area contributed by atoms with E-state index in [-0.39, 0.29) is 23.2 Å². The number of carbonyl (C=O) groups is 1. The molecule has 3 heterocycles. The molecule has 0 saturated heterocycles. The summed E-state index contributed by atoms with van der Waals surface area (Å²) in [5, 5.41) is 7.95. The second-order valence-electron chi connectivity index (χ2n) is 17.7. The number of alkyl carbamates (subject to hydrolysis) is 1. The van der Waals surface area contributed by atoms with Crippen LogP contribution in [0.25, 0.3) is 22.6 Å². The van der Waals surface area contributed by atoms with E-state index >= 15 is 0 Å².